The molecule has 0 radical (unpaired) electrons. The molecule has 108 valence electrons. The molecule has 1 N–H and O–H groups in total. The number of nitrogens with zero attached hydrogens (tertiary/aromatic N) is 2. The molecule has 0 aromatic heterocycles. The molecule has 0 unspecified atom stereocenters. The number of carbonyl (C=O) groups excluding carboxylic acids is 1. The topological polar surface area (TPSA) is 44.8 Å². The van der Waals surface area contributed by atoms with Crippen molar-refractivity contribution in [1.29, 1.82) is 0 Å². The molecule has 1 saturated carbocycles. The zero-order valence-electron chi connectivity index (χ0n) is 11.6. The Morgan fingerprint density at radius 1 is 1.00 bits per heavy atom. The van der Waals surface area contributed by atoms with Crippen LogP contribution in [0.5, 0.6) is 0 Å². The molecule has 3 fully saturated rings. The molecule has 0 bridgehead atoms. The molecule has 2 amide bonds. The second-order valence-corrected chi connectivity index (χ2v) is 6.00. The van der Waals surface area contributed by atoms with Crippen LogP contribution in [-0.2, 0) is 4.74 Å². The first-order valence-corrected chi connectivity index (χ1v) is 7.70. The summed E-state index contributed by atoms with van der Waals surface area (Å²) in [5.74, 6) is 0. The van der Waals surface area contributed by atoms with Crippen LogP contribution < -0.4 is 5.32 Å². The van der Waals surface area contributed by atoms with E-state index < -0.39 is 0 Å². The smallest absolute Gasteiger partial charge is 0.317 e. The van der Waals surface area contributed by atoms with Gasteiger partial charge in [0.1, 0.15) is 0 Å². The van der Waals surface area contributed by atoms with E-state index in [0.717, 1.165) is 52.2 Å². The third kappa shape index (κ3) is 3.20. The van der Waals surface area contributed by atoms with Crippen LogP contribution in [0.1, 0.15) is 32.1 Å². The van der Waals surface area contributed by atoms with Crippen molar-refractivity contribution in [2.75, 3.05) is 39.4 Å². The van der Waals surface area contributed by atoms with Crippen molar-refractivity contribution in [1.82, 2.24) is 15.1 Å². The van der Waals surface area contributed by atoms with Crippen molar-refractivity contribution in [2.45, 2.75) is 44.2 Å². The van der Waals surface area contributed by atoms with Crippen molar-refractivity contribution >= 4 is 6.03 Å². The van der Waals surface area contributed by atoms with Gasteiger partial charge in [-0.15, -0.1) is 0 Å². The number of rotatable bonds is 2. The molecule has 3 rings (SSSR count). The third-order valence-corrected chi connectivity index (χ3v) is 4.67. The number of piperazine rings is 1. The maximum absolute atomic E-state index is 12.2. The summed E-state index contributed by atoms with van der Waals surface area (Å²) < 4.78 is 5.23. The summed E-state index contributed by atoms with van der Waals surface area (Å²) in [6.45, 7) is 5.44. The first-order valence-electron chi connectivity index (χ1n) is 7.70. The highest BCUT2D eigenvalue weighted by Gasteiger charge is 2.30. The van der Waals surface area contributed by atoms with Crippen molar-refractivity contribution in [3.05, 3.63) is 0 Å². The van der Waals surface area contributed by atoms with Crippen LogP contribution in [0.4, 0.5) is 4.79 Å². The fourth-order valence-electron chi connectivity index (χ4n) is 3.24. The van der Waals surface area contributed by atoms with E-state index in [1.807, 2.05) is 4.90 Å². The van der Waals surface area contributed by atoms with Gasteiger partial charge in [-0.25, -0.2) is 4.79 Å². The molecule has 0 spiro atoms. The normalized spacial score (nSPS) is 27.1. The Morgan fingerprint density at radius 3 is 2.26 bits per heavy atom. The fourth-order valence-corrected chi connectivity index (χ4v) is 3.24. The quantitative estimate of drug-likeness (QED) is 0.813. The number of urea groups is 1. The van der Waals surface area contributed by atoms with Gasteiger partial charge in [0.05, 0.1) is 19.3 Å². The molecular formula is C14H25N3O2. The van der Waals surface area contributed by atoms with E-state index in [-0.39, 0.29) is 6.03 Å². The maximum Gasteiger partial charge on any atom is 0.317 e. The molecule has 1 aliphatic carbocycles. The second kappa shape index (κ2) is 6.09. The number of hydrogen-bond acceptors (Lipinski definition) is 3. The zero-order chi connectivity index (χ0) is 13.1. The monoisotopic (exact) mass is 267 g/mol. The van der Waals surface area contributed by atoms with E-state index in [9.17, 15) is 4.79 Å². The van der Waals surface area contributed by atoms with E-state index in [1.54, 1.807) is 0 Å². The Bertz CT molecular complexity index is 306. The van der Waals surface area contributed by atoms with Gasteiger partial charge in [-0.05, 0) is 12.8 Å². The van der Waals surface area contributed by atoms with Gasteiger partial charge in [0.15, 0.2) is 0 Å². The Balaban J connectivity index is 1.41. The summed E-state index contributed by atoms with van der Waals surface area (Å²) in [6, 6.07) is 1.17. The molecule has 2 aliphatic heterocycles. The Kier molecular flexibility index (Phi) is 4.23. The number of amides is 2. The summed E-state index contributed by atoms with van der Waals surface area (Å²) in [5.41, 5.74) is 0. The van der Waals surface area contributed by atoms with Gasteiger partial charge in [0.25, 0.3) is 0 Å². The maximum atomic E-state index is 12.2. The number of ether oxygens (including phenoxy) is 1. The van der Waals surface area contributed by atoms with Crippen LogP contribution in [-0.4, -0.2) is 67.3 Å². The summed E-state index contributed by atoms with van der Waals surface area (Å²) in [5, 5.41) is 3.20. The van der Waals surface area contributed by atoms with Crippen molar-refractivity contribution < 1.29 is 9.53 Å². The minimum Gasteiger partial charge on any atom is -0.378 e. The highest BCUT2D eigenvalue weighted by molar-refractivity contribution is 5.74. The molecule has 5 heteroatoms. The van der Waals surface area contributed by atoms with Gasteiger partial charge in [0.2, 0.25) is 0 Å². The molecule has 0 atom stereocenters. The van der Waals surface area contributed by atoms with Crippen LogP contribution in [0.15, 0.2) is 0 Å². The van der Waals surface area contributed by atoms with E-state index in [4.69, 9.17) is 4.74 Å². The van der Waals surface area contributed by atoms with E-state index in [2.05, 4.69) is 10.2 Å². The Morgan fingerprint density at radius 2 is 1.68 bits per heavy atom. The fraction of sp³-hybridized carbons (Fsp3) is 0.929. The summed E-state index contributed by atoms with van der Waals surface area (Å²) in [4.78, 5) is 16.6. The van der Waals surface area contributed by atoms with E-state index >= 15 is 0 Å². The van der Waals surface area contributed by atoms with Crippen LogP contribution in [0.25, 0.3) is 0 Å². The summed E-state index contributed by atoms with van der Waals surface area (Å²) in [6.07, 6.45) is 6.17. The Hall–Kier alpha value is -0.810. The number of carbonyl (C=O) groups is 1. The van der Waals surface area contributed by atoms with Gasteiger partial charge in [-0.2, -0.15) is 0 Å². The highest BCUT2D eigenvalue weighted by Crippen LogP contribution is 2.18. The highest BCUT2D eigenvalue weighted by atomic mass is 16.5. The molecule has 5 nitrogen and oxygen atoms in total. The van der Waals surface area contributed by atoms with Crippen LogP contribution in [0.3, 0.4) is 0 Å². The van der Waals surface area contributed by atoms with Gasteiger partial charge in [0, 0.05) is 32.2 Å². The zero-order valence-corrected chi connectivity index (χ0v) is 11.6. The lowest BCUT2D eigenvalue weighted by molar-refractivity contribution is -0.0740. The first-order chi connectivity index (χ1) is 9.33. The lowest BCUT2D eigenvalue weighted by atomic mass is 9.96. The predicted octanol–water partition coefficient (Wildman–Crippen LogP) is 1.05. The van der Waals surface area contributed by atoms with Crippen molar-refractivity contribution in [3.8, 4) is 0 Å². The van der Waals surface area contributed by atoms with Gasteiger partial charge in [-0.1, -0.05) is 19.3 Å². The average Bonchev–Trinajstić information content (AvgIpc) is 2.39. The minimum absolute atomic E-state index is 0.149. The molecule has 3 aliphatic rings. The molecule has 0 aromatic carbocycles. The first kappa shape index (κ1) is 13.2. The Labute approximate surface area is 115 Å². The van der Waals surface area contributed by atoms with E-state index in [1.165, 1.54) is 19.3 Å². The second-order valence-electron chi connectivity index (χ2n) is 6.00. The van der Waals surface area contributed by atoms with Crippen LogP contribution >= 0.6 is 0 Å². The van der Waals surface area contributed by atoms with Gasteiger partial charge >= 0.3 is 6.03 Å². The standard InChI is InChI=1S/C14H25N3O2/c18-14(15-12-4-2-1-3-5-12)17-8-6-16(7-9-17)13-10-19-11-13/h12-13H,1-11H2,(H,15,18). The SMILES string of the molecule is O=C(NC1CCCCC1)N1CCN(C2COC2)CC1. The summed E-state index contributed by atoms with van der Waals surface area (Å²) >= 11 is 0. The molecule has 19 heavy (non-hydrogen) atoms. The third-order valence-electron chi connectivity index (χ3n) is 4.67. The number of hydrogen-bond donors (Lipinski definition) is 1. The van der Waals surface area contributed by atoms with Crippen LogP contribution in [0.2, 0.25) is 0 Å². The average molecular weight is 267 g/mol. The number of nitrogens with one attached hydrogen (secondary N) is 1. The molecule has 0 aromatic rings. The molecule has 2 saturated heterocycles. The lowest BCUT2D eigenvalue weighted by Gasteiger charge is -2.42. The van der Waals surface area contributed by atoms with Crippen molar-refractivity contribution in [3.63, 3.8) is 0 Å². The molecule has 2 heterocycles. The van der Waals surface area contributed by atoms with Crippen molar-refractivity contribution in [2.24, 2.45) is 0 Å². The van der Waals surface area contributed by atoms with Gasteiger partial charge < -0.3 is 15.0 Å². The lowest BCUT2D eigenvalue weighted by Crippen LogP contribution is -2.59. The molecular weight excluding hydrogens is 242 g/mol. The summed E-state index contributed by atoms with van der Waals surface area (Å²) in [7, 11) is 0. The van der Waals surface area contributed by atoms with Gasteiger partial charge in [-0.3, -0.25) is 4.90 Å². The van der Waals surface area contributed by atoms with E-state index in [0.29, 0.717) is 12.1 Å². The predicted molar refractivity (Wildman–Crippen MR) is 73.2 cm³/mol. The minimum atomic E-state index is 0.149. The van der Waals surface area contributed by atoms with Crippen LogP contribution in [0, 0.1) is 0 Å². The largest absolute Gasteiger partial charge is 0.378 e.